The Kier molecular flexibility index (Phi) is 5.60. The summed E-state index contributed by atoms with van der Waals surface area (Å²) in [5.74, 6) is 1.94. The number of carbonyl (C=O) groups excluding carboxylic acids is 1. The van der Waals surface area contributed by atoms with Crippen LogP contribution in [0.3, 0.4) is 0 Å². The Morgan fingerprint density at radius 3 is 2.63 bits per heavy atom. The lowest BCUT2D eigenvalue weighted by molar-refractivity contribution is 0.102. The van der Waals surface area contributed by atoms with Crippen LogP contribution in [-0.4, -0.2) is 31.4 Å². The van der Waals surface area contributed by atoms with E-state index in [4.69, 9.17) is 0 Å². The number of nitrogens with one attached hydrogen (secondary N) is 1. The standard InChI is InChI=1S/C20H23N5OS/c1-5-27-18-12-14(9-11-22-18)19(26)23-17-13-15(20(2,3)4)24-25(17)16-8-6-7-10-21-16/h6-13H,5H2,1-4H3,(H,23,26). The number of aromatic nitrogens is 4. The van der Waals surface area contributed by atoms with Crippen LogP contribution in [0.5, 0.6) is 0 Å². The van der Waals surface area contributed by atoms with Gasteiger partial charge in [-0.05, 0) is 30.0 Å². The van der Waals surface area contributed by atoms with E-state index in [-0.39, 0.29) is 11.3 Å². The number of pyridine rings is 2. The molecule has 140 valence electrons. The zero-order chi connectivity index (χ0) is 19.4. The van der Waals surface area contributed by atoms with Gasteiger partial charge in [-0.25, -0.2) is 9.97 Å². The average Bonchev–Trinajstić information content (AvgIpc) is 3.07. The molecule has 1 N–H and O–H groups in total. The topological polar surface area (TPSA) is 72.7 Å². The molecule has 0 unspecified atom stereocenters. The van der Waals surface area contributed by atoms with Crippen molar-refractivity contribution in [1.82, 2.24) is 19.7 Å². The van der Waals surface area contributed by atoms with Gasteiger partial charge in [-0.15, -0.1) is 11.8 Å². The quantitative estimate of drug-likeness (QED) is 0.666. The highest BCUT2D eigenvalue weighted by Gasteiger charge is 2.22. The summed E-state index contributed by atoms with van der Waals surface area (Å²) in [4.78, 5) is 21.4. The second-order valence-electron chi connectivity index (χ2n) is 7.03. The third-order valence-corrected chi connectivity index (χ3v) is 4.68. The highest BCUT2D eigenvalue weighted by molar-refractivity contribution is 7.99. The fourth-order valence-corrected chi connectivity index (χ4v) is 3.10. The molecular formula is C20H23N5OS. The smallest absolute Gasteiger partial charge is 0.256 e. The van der Waals surface area contributed by atoms with E-state index in [2.05, 4.69) is 48.1 Å². The minimum Gasteiger partial charge on any atom is -0.306 e. The number of carbonyl (C=O) groups is 1. The zero-order valence-corrected chi connectivity index (χ0v) is 16.7. The molecule has 3 heterocycles. The van der Waals surface area contributed by atoms with Gasteiger partial charge in [-0.3, -0.25) is 4.79 Å². The molecule has 0 saturated heterocycles. The minimum absolute atomic E-state index is 0.152. The summed E-state index contributed by atoms with van der Waals surface area (Å²) in [5.41, 5.74) is 1.29. The molecule has 3 rings (SSSR count). The van der Waals surface area contributed by atoms with Crippen molar-refractivity contribution in [2.75, 3.05) is 11.1 Å². The molecule has 6 nitrogen and oxygen atoms in total. The largest absolute Gasteiger partial charge is 0.306 e. The van der Waals surface area contributed by atoms with Gasteiger partial charge in [-0.2, -0.15) is 9.78 Å². The first-order valence-electron chi connectivity index (χ1n) is 8.80. The van der Waals surface area contributed by atoms with Crippen molar-refractivity contribution in [1.29, 1.82) is 0 Å². The molecule has 0 aliphatic rings. The van der Waals surface area contributed by atoms with E-state index in [1.807, 2.05) is 24.3 Å². The van der Waals surface area contributed by atoms with Crippen LogP contribution in [0.4, 0.5) is 5.82 Å². The third kappa shape index (κ3) is 4.54. The highest BCUT2D eigenvalue weighted by atomic mass is 32.2. The molecule has 0 saturated carbocycles. The van der Waals surface area contributed by atoms with Crippen LogP contribution in [0.2, 0.25) is 0 Å². The van der Waals surface area contributed by atoms with Crippen LogP contribution < -0.4 is 5.32 Å². The summed E-state index contributed by atoms with van der Waals surface area (Å²) in [7, 11) is 0. The summed E-state index contributed by atoms with van der Waals surface area (Å²) < 4.78 is 1.67. The van der Waals surface area contributed by atoms with Gasteiger partial charge < -0.3 is 5.32 Å². The molecule has 0 bridgehead atoms. The average molecular weight is 382 g/mol. The molecule has 3 aromatic rings. The van der Waals surface area contributed by atoms with Crippen molar-refractivity contribution in [3.05, 3.63) is 60.0 Å². The molecule has 27 heavy (non-hydrogen) atoms. The predicted molar refractivity (Wildman–Crippen MR) is 109 cm³/mol. The van der Waals surface area contributed by atoms with Crippen LogP contribution in [0.1, 0.15) is 43.7 Å². The molecule has 0 aromatic carbocycles. The zero-order valence-electron chi connectivity index (χ0n) is 15.9. The third-order valence-electron chi connectivity index (χ3n) is 3.87. The first-order chi connectivity index (χ1) is 12.9. The number of thioether (sulfide) groups is 1. The second kappa shape index (κ2) is 7.92. The minimum atomic E-state index is -0.201. The Morgan fingerprint density at radius 1 is 1.15 bits per heavy atom. The van der Waals surface area contributed by atoms with Crippen molar-refractivity contribution in [2.24, 2.45) is 0 Å². The molecule has 0 atom stereocenters. The number of anilines is 1. The van der Waals surface area contributed by atoms with Crippen LogP contribution in [-0.2, 0) is 5.41 Å². The van der Waals surface area contributed by atoms with Gasteiger partial charge in [0, 0.05) is 29.4 Å². The Bertz CT molecular complexity index is 931. The number of nitrogens with zero attached hydrogens (tertiary/aromatic N) is 4. The normalized spacial score (nSPS) is 11.4. The van der Waals surface area contributed by atoms with Gasteiger partial charge in [0.25, 0.3) is 5.91 Å². The molecule has 0 aliphatic carbocycles. The maximum absolute atomic E-state index is 12.8. The first kappa shape index (κ1) is 19.1. The molecule has 3 aromatic heterocycles. The van der Waals surface area contributed by atoms with Gasteiger partial charge >= 0.3 is 0 Å². The monoisotopic (exact) mass is 381 g/mol. The van der Waals surface area contributed by atoms with E-state index in [9.17, 15) is 4.79 Å². The van der Waals surface area contributed by atoms with E-state index in [0.29, 0.717) is 17.2 Å². The van der Waals surface area contributed by atoms with E-state index in [0.717, 1.165) is 16.5 Å². The van der Waals surface area contributed by atoms with Crippen LogP contribution in [0, 0.1) is 0 Å². The summed E-state index contributed by atoms with van der Waals surface area (Å²) >= 11 is 1.60. The van der Waals surface area contributed by atoms with E-state index in [1.54, 1.807) is 41.0 Å². The summed E-state index contributed by atoms with van der Waals surface area (Å²) in [6.07, 6.45) is 3.36. The summed E-state index contributed by atoms with van der Waals surface area (Å²) in [6, 6.07) is 11.0. The molecule has 0 spiro atoms. The van der Waals surface area contributed by atoms with Crippen LogP contribution in [0.15, 0.2) is 53.8 Å². The summed E-state index contributed by atoms with van der Waals surface area (Å²) in [6.45, 7) is 8.31. The molecule has 7 heteroatoms. The lowest BCUT2D eigenvalue weighted by atomic mass is 9.92. The fourth-order valence-electron chi connectivity index (χ4n) is 2.46. The SMILES string of the molecule is CCSc1cc(C(=O)Nc2cc(C(C)(C)C)nn2-c2ccccn2)ccn1. The predicted octanol–water partition coefficient (Wildman–Crippen LogP) is 4.32. The maximum atomic E-state index is 12.8. The van der Waals surface area contributed by atoms with Crippen molar-refractivity contribution >= 4 is 23.5 Å². The number of rotatable bonds is 5. The van der Waals surface area contributed by atoms with Crippen molar-refractivity contribution in [3.8, 4) is 5.82 Å². The van der Waals surface area contributed by atoms with Gasteiger partial charge in [0.1, 0.15) is 5.82 Å². The first-order valence-corrected chi connectivity index (χ1v) is 9.79. The maximum Gasteiger partial charge on any atom is 0.256 e. The Labute approximate surface area is 163 Å². The molecule has 0 fully saturated rings. The van der Waals surface area contributed by atoms with Crippen LogP contribution in [0.25, 0.3) is 5.82 Å². The van der Waals surface area contributed by atoms with Crippen LogP contribution >= 0.6 is 11.8 Å². The van der Waals surface area contributed by atoms with Gasteiger partial charge in [0.2, 0.25) is 0 Å². The molecular weight excluding hydrogens is 358 g/mol. The van der Waals surface area contributed by atoms with Crippen molar-refractivity contribution in [2.45, 2.75) is 38.1 Å². The van der Waals surface area contributed by atoms with E-state index in [1.165, 1.54) is 0 Å². The van der Waals surface area contributed by atoms with E-state index >= 15 is 0 Å². The van der Waals surface area contributed by atoms with Crippen molar-refractivity contribution < 1.29 is 4.79 Å². The highest BCUT2D eigenvalue weighted by Crippen LogP contribution is 2.26. The van der Waals surface area contributed by atoms with Crippen molar-refractivity contribution in [3.63, 3.8) is 0 Å². The lowest BCUT2D eigenvalue weighted by Crippen LogP contribution is -2.16. The molecule has 0 radical (unpaired) electrons. The Balaban J connectivity index is 1.95. The Morgan fingerprint density at radius 2 is 1.96 bits per heavy atom. The van der Waals surface area contributed by atoms with Gasteiger partial charge in [-0.1, -0.05) is 33.8 Å². The van der Waals surface area contributed by atoms with Gasteiger partial charge in [0.15, 0.2) is 5.82 Å². The molecule has 0 aliphatic heterocycles. The number of amides is 1. The number of hydrogen-bond donors (Lipinski definition) is 1. The Hall–Kier alpha value is -2.67. The lowest BCUT2D eigenvalue weighted by Gasteiger charge is -2.13. The summed E-state index contributed by atoms with van der Waals surface area (Å²) in [5, 5.41) is 8.47. The van der Waals surface area contributed by atoms with E-state index < -0.39 is 0 Å². The molecule has 1 amide bonds. The fraction of sp³-hybridized carbons (Fsp3) is 0.300. The second-order valence-corrected chi connectivity index (χ2v) is 8.32. The number of hydrogen-bond acceptors (Lipinski definition) is 5. The van der Waals surface area contributed by atoms with Gasteiger partial charge in [0.05, 0.1) is 10.7 Å².